The molecule has 2 rings (SSSR count). The van der Waals surface area contributed by atoms with Crippen molar-refractivity contribution < 1.29 is 22.3 Å². The summed E-state index contributed by atoms with van der Waals surface area (Å²) in [7, 11) is 1.68. The average Bonchev–Trinajstić information content (AvgIpc) is 2.42. The highest BCUT2D eigenvalue weighted by Crippen LogP contribution is 2.23. The van der Waals surface area contributed by atoms with Crippen LogP contribution in [0.15, 0.2) is 48.5 Å². The predicted octanol–water partition coefficient (Wildman–Crippen LogP) is 4.76. The van der Waals surface area contributed by atoms with Gasteiger partial charge in [0.15, 0.2) is 0 Å². The molecule has 0 aliphatic heterocycles. The topological polar surface area (TPSA) is 21.3 Å². The SMILES string of the molecule is CNc1ccc(OC(F)(F)F)cc1.Cc1ccc(F)cc1. The third-order valence-electron chi connectivity index (χ3n) is 2.39. The Kier molecular flexibility index (Phi) is 6.02. The summed E-state index contributed by atoms with van der Waals surface area (Å²) in [6.45, 7) is 1.93. The first kappa shape index (κ1) is 16.8. The van der Waals surface area contributed by atoms with Crippen molar-refractivity contribution in [2.24, 2.45) is 0 Å². The van der Waals surface area contributed by atoms with Crippen LogP contribution < -0.4 is 10.1 Å². The molecule has 0 unspecified atom stereocenters. The lowest BCUT2D eigenvalue weighted by atomic mass is 10.2. The van der Waals surface area contributed by atoms with E-state index in [1.807, 2.05) is 6.92 Å². The number of nitrogens with one attached hydrogen (secondary N) is 1. The Morgan fingerprint density at radius 3 is 1.81 bits per heavy atom. The van der Waals surface area contributed by atoms with Gasteiger partial charge in [-0.3, -0.25) is 0 Å². The van der Waals surface area contributed by atoms with E-state index in [2.05, 4.69) is 10.1 Å². The zero-order chi connectivity index (χ0) is 15.9. The number of anilines is 1. The summed E-state index contributed by atoms with van der Waals surface area (Å²) < 4.78 is 50.8. The Morgan fingerprint density at radius 1 is 0.905 bits per heavy atom. The van der Waals surface area contributed by atoms with Gasteiger partial charge in [0.1, 0.15) is 11.6 Å². The second-order valence-corrected chi connectivity index (χ2v) is 4.12. The number of alkyl halides is 3. The summed E-state index contributed by atoms with van der Waals surface area (Å²) in [5.41, 5.74) is 1.82. The molecule has 1 N–H and O–H groups in total. The molecule has 0 saturated heterocycles. The van der Waals surface area contributed by atoms with E-state index in [1.165, 1.54) is 36.4 Å². The van der Waals surface area contributed by atoms with Crippen molar-refractivity contribution in [1.82, 2.24) is 0 Å². The molecule has 2 nitrogen and oxygen atoms in total. The summed E-state index contributed by atoms with van der Waals surface area (Å²) >= 11 is 0. The Morgan fingerprint density at radius 2 is 1.43 bits per heavy atom. The highest BCUT2D eigenvalue weighted by Gasteiger charge is 2.30. The maximum absolute atomic E-state index is 12.1. The third kappa shape index (κ3) is 7.20. The maximum Gasteiger partial charge on any atom is 0.573 e. The van der Waals surface area contributed by atoms with Crippen molar-refractivity contribution in [3.63, 3.8) is 0 Å². The molecular weight excluding hydrogens is 286 g/mol. The Balaban J connectivity index is 0.000000235. The van der Waals surface area contributed by atoms with Gasteiger partial charge in [-0.1, -0.05) is 17.7 Å². The minimum atomic E-state index is -4.62. The Hall–Kier alpha value is -2.24. The fourth-order valence-electron chi connectivity index (χ4n) is 1.36. The number of rotatable bonds is 2. The van der Waals surface area contributed by atoms with Crippen LogP contribution in [-0.2, 0) is 0 Å². The lowest BCUT2D eigenvalue weighted by Crippen LogP contribution is -2.16. The van der Waals surface area contributed by atoms with Crippen LogP contribution >= 0.6 is 0 Å². The molecule has 0 radical (unpaired) electrons. The Bertz CT molecular complexity index is 514. The van der Waals surface area contributed by atoms with Crippen LogP contribution in [0.1, 0.15) is 5.56 Å². The van der Waals surface area contributed by atoms with Gasteiger partial charge in [0, 0.05) is 12.7 Å². The number of hydrogen-bond donors (Lipinski definition) is 1. The van der Waals surface area contributed by atoms with Crippen LogP contribution in [0.3, 0.4) is 0 Å². The highest BCUT2D eigenvalue weighted by atomic mass is 19.4. The molecule has 0 heterocycles. The number of halogens is 4. The van der Waals surface area contributed by atoms with Crippen molar-refractivity contribution in [3.05, 3.63) is 59.9 Å². The monoisotopic (exact) mass is 301 g/mol. The van der Waals surface area contributed by atoms with Crippen LogP contribution in [0.4, 0.5) is 23.2 Å². The van der Waals surface area contributed by atoms with Gasteiger partial charge in [-0.15, -0.1) is 13.2 Å². The van der Waals surface area contributed by atoms with Gasteiger partial charge < -0.3 is 10.1 Å². The molecule has 2 aromatic rings. The van der Waals surface area contributed by atoms with Gasteiger partial charge >= 0.3 is 6.36 Å². The van der Waals surface area contributed by atoms with Crippen molar-refractivity contribution in [2.75, 3.05) is 12.4 Å². The molecule has 0 bridgehead atoms. The van der Waals surface area contributed by atoms with Crippen LogP contribution in [-0.4, -0.2) is 13.4 Å². The van der Waals surface area contributed by atoms with Gasteiger partial charge in [0.25, 0.3) is 0 Å². The zero-order valence-electron chi connectivity index (χ0n) is 11.5. The van der Waals surface area contributed by atoms with Crippen molar-refractivity contribution in [1.29, 1.82) is 0 Å². The first-order chi connectivity index (χ1) is 9.80. The quantitative estimate of drug-likeness (QED) is 0.807. The molecule has 6 heteroatoms. The largest absolute Gasteiger partial charge is 0.573 e. The minimum absolute atomic E-state index is 0.171. The number of ether oxygens (including phenoxy) is 1. The van der Waals surface area contributed by atoms with Crippen LogP contribution in [0.5, 0.6) is 5.75 Å². The molecule has 2 aromatic carbocycles. The number of hydrogen-bond acceptors (Lipinski definition) is 2. The molecule has 0 saturated carbocycles. The molecule has 21 heavy (non-hydrogen) atoms. The van der Waals surface area contributed by atoms with Crippen molar-refractivity contribution in [2.45, 2.75) is 13.3 Å². The highest BCUT2D eigenvalue weighted by molar-refractivity contribution is 5.45. The van der Waals surface area contributed by atoms with Gasteiger partial charge in [-0.25, -0.2) is 4.39 Å². The van der Waals surface area contributed by atoms with E-state index < -0.39 is 6.36 Å². The fourth-order valence-corrected chi connectivity index (χ4v) is 1.36. The summed E-state index contributed by atoms with van der Waals surface area (Å²) in [5, 5.41) is 2.78. The fraction of sp³-hybridized carbons (Fsp3) is 0.200. The standard InChI is InChI=1S/C8H8F3NO.C7H7F/c1-12-6-2-4-7(5-3-6)13-8(9,10)11;1-6-2-4-7(8)5-3-6/h2-5,12H,1H3;2-5H,1H3. The molecule has 0 amide bonds. The van der Waals surface area contributed by atoms with E-state index >= 15 is 0 Å². The lowest BCUT2D eigenvalue weighted by Gasteiger charge is -2.08. The first-order valence-electron chi connectivity index (χ1n) is 6.06. The lowest BCUT2D eigenvalue weighted by molar-refractivity contribution is -0.274. The van der Waals surface area contributed by atoms with E-state index in [9.17, 15) is 17.6 Å². The second-order valence-electron chi connectivity index (χ2n) is 4.12. The van der Waals surface area contributed by atoms with E-state index in [4.69, 9.17) is 0 Å². The van der Waals surface area contributed by atoms with Crippen LogP contribution in [0.25, 0.3) is 0 Å². The molecule has 0 aliphatic carbocycles. The smallest absolute Gasteiger partial charge is 0.406 e. The molecule has 0 aliphatic rings. The molecule has 0 spiro atoms. The minimum Gasteiger partial charge on any atom is -0.406 e. The number of benzene rings is 2. The second kappa shape index (κ2) is 7.52. The Labute approximate surface area is 120 Å². The van der Waals surface area contributed by atoms with Gasteiger partial charge in [-0.05, 0) is 43.3 Å². The van der Waals surface area contributed by atoms with E-state index in [0.29, 0.717) is 0 Å². The summed E-state index contributed by atoms with van der Waals surface area (Å²) in [6, 6.07) is 11.9. The summed E-state index contributed by atoms with van der Waals surface area (Å²) in [5.74, 6) is -0.387. The molecule has 114 valence electrons. The van der Waals surface area contributed by atoms with Crippen LogP contribution in [0.2, 0.25) is 0 Å². The molecule has 0 fully saturated rings. The zero-order valence-corrected chi connectivity index (χ0v) is 11.5. The van der Waals surface area contributed by atoms with Gasteiger partial charge in [0.05, 0.1) is 0 Å². The third-order valence-corrected chi connectivity index (χ3v) is 2.39. The van der Waals surface area contributed by atoms with Crippen molar-refractivity contribution in [3.8, 4) is 5.75 Å². The van der Waals surface area contributed by atoms with Crippen molar-refractivity contribution >= 4 is 5.69 Å². The van der Waals surface area contributed by atoms with E-state index in [0.717, 1.165) is 11.3 Å². The molecular formula is C15H15F4NO. The first-order valence-corrected chi connectivity index (χ1v) is 6.06. The van der Waals surface area contributed by atoms with Gasteiger partial charge in [0.2, 0.25) is 0 Å². The molecule has 0 atom stereocenters. The normalized spacial score (nSPS) is 10.4. The maximum atomic E-state index is 12.1. The summed E-state index contributed by atoms with van der Waals surface area (Å²) in [6.07, 6.45) is -4.62. The summed E-state index contributed by atoms with van der Waals surface area (Å²) in [4.78, 5) is 0. The molecule has 0 aromatic heterocycles. The van der Waals surface area contributed by atoms with Gasteiger partial charge in [-0.2, -0.15) is 0 Å². The number of aryl methyl sites for hydroxylation is 1. The van der Waals surface area contributed by atoms with E-state index in [1.54, 1.807) is 19.2 Å². The van der Waals surface area contributed by atoms with Crippen LogP contribution in [0, 0.1) is 12.7 Å². The average molecular weight is 301 g/mol. The predicted molar refractivity (Wildman–Crippen MR) is 73.8 cm³/mol. The van der Waals surface area contributed by atoms with E-state index in [-0.39, 0.29) is 11.6 Å².